The Morgan fingerprint density at radius 2 is 2.18 bits per heavy atom. The Morgan fingerprint density at radius 1 is 1.41 bits per heavy atom. The Bertz CT molecular complexity index is 339. The Balaban J connectivity index is 2.18. The third kappa shape index (κ3) is 5.54. The van der Waals surface area contributed by atoms with E-state index in [1.54, 1.807) is 0 Å². The van der Waals surface area contributed by atoms with Gasteiger partial charge in [-0.3, -0.25) is 0 Å². The van der Waals surface area contributed by atoms with Gasteiger partial charge in [-0.1, -0.05) is 0 Å². The van der Waals surface area contributed by atoms with Crippen LogP contribution in [0.5, 0.6) is 0 Å². The number of rotatable bonds is 7. The van der Waals surface area contributed by atoms with E-state index in [9.17, 15) is 0 Å². The molecule has 0 atom stereocenters. The molecular formula is C13H23N3O. The van der Waals surface area contributed by atoms with Crippen LogP contribution in [0.4, 0.5) is 11.5 Å². The number of nitrogens with zero attached hydrogens (tertiary/aromatic N) is 1. The SMILES string of the molecule is Cc1cnc(NCCCCOC(C)C)c(N)c1. The van der Waals surface area contributed by atoms with E-state index in [-0.39, 0.29) is 0 Å². The highest BCUT2D eigenvalue weighted by Crippen LogP contribution is 2.15. The smallest absolute Gasteiger partial charge is 0.149 e. The van der Waals surface area contributed by atoms with Crippen LogP contribution in [0.25, 0.3) is 0 Å². The quantitative estimate of drug-likeness (QED) is 0.716. The second-order valence-corrected chi connectivity index (χ2v) is 4.50. The van der Waals surface area contributed by atoms with Crippen molar-refractivity contribution in [3.8, 4) is 0 Å². The summed E-state index contributed by atoms with van der Waals surface area (Å²) in [4.78, 5) is 4.26. The summed E-state index contributed by atoms with van der Waals surface area (Å²) in [5.74, 6) is 0.778. The molecule has 1 rings (SSSR count). The number of hydrogen-bond donors (Lipinski definition) is 2. The predicted octanol–water partition coefficient (Wildman–Crippen LogP) is 2.59. The molecule has 0 aliphatic rings. The molecule has 0 unspecified atom stereocenters. The first-order valence-corrected chi connectivity index (χ1v) is 6.17. The summed E-state index contributed by atoms with van der Waals surface area (Å²) >= 11 is 0. The first kappa shape index (κ1) is 13.8. The standard InChI is InChI=1S/C13H23N3O/c1-10(2)17-7-5-4-6-15-13-12(14)8-11(3)9-16-13/h8-10H,4-7,14H2,1-3H3,(H,15,16). The van der Waals surface area contributed by atoms with Crippen LogP contribution in [0.2, 0.25) is 0 Å². The summed E-state index contributed by atoms with van der Waals surface area (Å²) in [5, 5.41) is 3.24. The Hall–Kier alpha value is -1.29. The molecule has 3 N–H and O–H groups in total. The van der Waals surface area contributed by atoms with Gasteiger partial charge in [-0.2, -0.15) is 0 Å². The zero-order valence-electron chi connectivity index (χ0n) is 11.0. The molecule has 0 radical (unpaired) electrons. The van der Waals surface area contributed by atoms with Crippen molar-refractivity contribution in [1.82, 2.24) is 4.98 Å². The number of pyridine rings is 1. The second-order valence-electron chi connectivity index (χ2n) is 4.50. The summed E-state index contributed by atoms with van der Waals surface area (Å²) in [6.07, 6.45) is 4.25. The van der Waals surface area contributed by atoms with Gasteiger partial charge in [-0.15, -0.1) is 0 Å². The molecule has 0 fully saturated rings. The van der Waals surface area contributed by atoms with Crippen LogP contribution in [-0.2, 0) is 4.74 Å². The van der Waals surface area contributed by atoms with E-state index in [1.165, 1.54) is 0 Å². The van der Waals surface area contributed by atoms with Crippen LogP contribution in [0, 0.1) is 6.92 Å². The van der Waals surface area contributed by atoms with Crippen molar-refractivity contribution in [2.24, 2.45) is 0 Å². The highest BCUT2D eigenvalue weighted by molar-refractivity contribution is 5.61. The molecule has 1 heterocycles. The predicted molar refractivity (Wildman–Crippen MR) is 72.2 cm³/mol. The largest absolute Gasteiger partial charge is 0.396 e. The minimum absolute atomic E-state index is 0.317. The molecule has 0 aromatic carbocycles. The summed E-state index contributed by atoms with van der Waals surface area (Å²) < 4.78 is 5.47. The number of nitrogens with two attached hydrogens (primary N) is 1. The third-order valence-electron chi connectivity index (χ3n) is 2.37. The zero-order valence-corrected chi connectivity index (χ0v) is 11.0. The average molecular weight is 237 g/mol. The molecule has 0 aliphatic heterocycles. The lowest BCUT2D eigenvalue weighted by Gasteiger charge is -2.09. The Kier molecular flexibility index (Phi) is 5.77. The molecule has 0 amide bonds. The molecule has 0 saturated carbocycles. The van der Waals surface area contributed by atoms with E-state index >= 15 is 0 Å². The highest BCUT2D eigenvalue weighted by atomic mass is 16.5. The molecule has 0 saturated heterocycles. The van der Waals surface area contributed by atoms with E-state index in [0.717, 1.165) is 37.4 Å². The maximum Gasteiger partial charge on any atom is 0.149 e. The number of hydrogen-bond acceptors (Lipinski definition) is 4. The van der Waals surface area contributed by atoms with Crippen molar-refractivity contribution in [3.63, 3.8) is 0 Å². The molecule has 17 heavy (non-hydrogen) atoms. The van der Waals surface area contributed by atoms with Crippen LogP contribution < -0.4 is 11.1 Å². The number of nitrogen functional groups attached to an aromatic ring is 1. The topological polar surface area (TPSA) is 60.2 Å². The number of nitrogens with one attached hydrogen (secondary N) is 1. The van der Waals surface area contributed by atoms with Gasteiger partial charge in [-0.25, -0.2) is 4.98 Å². The van der Waals surface area contributed by atoms with Crippen molar-refractivity contribution >= 4 is 11.5 Å². The van der Waals surface area contributed by atoms with Crippen LogP contribution in [0.15, 0.2) is 12.3 Å². The fourth-order valence-electron chi connectivity index (χ4n) is 1.49. The molecule has 4 nitrogen and oxygen atoms in total. The van der Waals surface area contributed by atoms with E-state index < -0.39 is 0 Å². The maximum atomic E-state index is 5.85. The molecule has 4 heteroatoms. The number of unbranched alkanes of at least 4 members (excludes halogenated alkanes) is 1. The van der Waals surface area contributed by atoms with E-state index in [2.05, 4.69) is 24.1 Å². The van der Waals surface area contributed by atoms with Crippen molar-refractivity contribution in [2.75, 3.05) is 24.2 Å². The van der Waals surface area contributed by atoms with Crippen LogP contribution in [0.3, 0.4) is 0 Å². The minimum Gasteiger partial charge on any atom is -0.396 e. The molecule has 0 aliphatic carbocycles. The van der Waals surface area contributed by atoms with Gasteiger partial charge in [0.1, 0.15) is 5.82 Å². The molecule has 1 aromatic heterocycles. The second kappa shape index (κ2) is 7.12. The van der Waals surface area contributed by atoms with Crippen molar-refractivity contribution in [1.29, 1.82) is 0 Å². The first-order valence-electron chi connectivity index (χ1n) is 6.17. The van der Waals surface area contributed by atoms with E-state index in [0.29, 0.717) is 11.8 Å². The highest BCUT2D eigenvalue weighted by Gasteiger charge is 1.99. The lowest BCUT2D eigenvalue weighted by molar-refractivity contribution is 0.0765. The summed E-state index contributed by atoms with van der Waals surface area (Å²) in [7, 11) is 0. The van der Waals surface area contributed by atoms with Gasteiger partial charge in [0.05, 0.1) is 11.8 Å². The van der Waals surface area contributed by atoms with Crippen molar-refractivity contribution in [2.45, 2.75) is 39.7 Å². The van der Waals surface area contributed by atoms with Crippen LogP contribution in [0.1, 0.15) is 32.3 Å². The van der Waals surface area contributed by atoms with Crippen molar-refractivity contribution < 1.29 is 4.74 Å². The number of aromatic nitrogens is 1. The molecule has 96 valence electrons. The van der Waals surface area contributed by atoms with Gasteiger partial charge in [0.2, 0.25) is 0 Å². The monoisotopic (exact) mass is 237 g/mol. The summed E-state index contributed by atoms with van der Waals surface area (Å²) in [6.45, 7) is 7.78. The maximum absolute atomic E-state index is 5.85. The fourth-order valence-corrected chi connectivity index (χ4v) is 1.49. The Morgan fingerprint density at radius 3 is 2.82 bits per heavy atom. The van der Waals surface area contributed by atoms with Gasteiger partial charge in [0.25, 0.3) is 0 Å². The van der Waals surface area contributed by atoms with Gasteiger partial charge >= 0.3 is 0 Å². The number of anilines is 2. The number of ether oxygens (including phenoxy) is 1. The number of aryl methyl sites for hydroxylation is 1. The van der Waals surface area contributed by atoms with Crippen molar-refractivity contribution in [3.05, 3.63) is 17.8 Å². The molecule has 0 spiro atoms. The molecular weight excluding hydrogens is 214 g/mol. The van der Waals surface area contributed by atoms with E-state index in [4.69, 9.17) is 10.5 Å². The van der Waals surface area contributed by atoms with Gasteiger partial charge in [0, 0.05) is 19.3 Å². The van der Waals surface area contributed by atoms with Gasteiger partial charge in [0.15, 0.2) is 0 Å². The molecule has 0 bridgehead atoms. The van der Waals surface area contributed by atoms with E-state index in [1.807, 2.05) is 19.2 Å². The lowest BCUT2D eigenvalue weighted by Crippen LogP contribution is -2.09. The van der Waals surface area contributed by atoms with Gasteiger partial charge in [-0.05, 0) is 45.2 Å². The van der Waals surface area contributed by atoms with Crippen LogP contribution >= 0.6 is 0 Å². The first-order chi connectivity index (χ1) is 8.09. The minimum atomic E-state index is 0.317. The molecule has 1 aromatic rings. The zero-order chi connectivity index (χ0) is 12.7. The average Bonchev–Trinajstić information content (AvgIpc) is 2.25. The summed E-state index contributed by atoms with van der Waals surface area (Å²) in [6, 6.07) is 1.93. The Labute approximate surface area is 104 Å². The van der Waals surface area contributed by atoms with Crippen LogP contribution in [-0.4, -0.2) is 24.2 Å². The fraction of sp³-hybridized carbons (Fsp3) is 0.615. The normalized spacial score (nSPS) is 10.8. The lowest BCUT2D eigenvalue weighted by atomic mass is 10.2. The third-order valence-corrected chi connectivity index (χ3v) is 2.37. The summed E-state index contributed by atoms with van der Waals surface area (Å²) in [5.41, 5.74) is 7.65. The van der Waals surface area contributed by atoms with Gasteiger partial charge < -0.3 is 15.8 Å².